The molecule has 0 fully saturated rings. The molecule has 0 atom stereocenters. The molecule has 0 aliphatic heterocycles. The summed E-state index contributed by atoms with van der Waals surface area (Å²) in [5, 5.41) is 6.84. The van der Waals surface area contributed by atoms with Crippen molar-refractivity contribution in [3.63, 3.8) is 0 Å². The number of hydrogen-bond donors (Lipinski definition) is 1. The van der Waals surface area contributed by atoms with E-state index in [0.29, 0.717) is 18.1 Å². The summed E-state index contributed by atoms with van der Waals surface area (Å²) in [4.78, 5) is 12.3. The molecule has 6 heteroatoms. The van der Waals surface area contributed by atoms with E-state index in [1.54, 1.807) is 13.2 Å². The fourth-order valence-corrected chi connectivity index (χ4v) is 3.00. The molecule has 1 amide bonds. The third-order valence-electron chi connectivity index (χ3n) is 5.03. The molecule has 3 rings (SSSR count). The maximum atomic E-state index is 12.3. The SMILES string of the molecule is COc1cc(C=CC(=O)Nc2cccc(C)c2C)ccc1OCc1c(C)noc1C. The van der Waals surface area contributed by atoms with Gasteiger partial charge in [-0.05, 0) is 68.7 Å². The molecule has 0 bridgehead atoms. The molecule has 1 aromatic heterocycles. The quantitative estimate of drug-likeness (QED) is 0.550. The molecule has 1 N–H and O–H groups in total. The summed E-state index contributed by atoms with van der Waals surface area (Å²) in [7, 11) is 1.58. The molecule has 0 aliphatic carbocycles. The summed E-state index contributed by atoms with van der Waals surface area (Å²) in [6, 6.07) is 11.3. The summed E-state index contributed by atoms with van der Waals surface area (Å²) in [5.74, 6) is 1.73. The van der Waals surface area contributed by atoms with Gasteiger partial charge < -0.3 is 19.3 Å². The number of nitrogens with zero attached hydrogens (tertiary/aromatic N) is 1. The van der Waals surface area contributed by atoms with Gasteiger partial charge in [-0.25, -0.2) is 0 Å². The number of carbonyl (C=O) groups excluding carboxylic acids is 1. The summed E-state index contributed by atoms with van der Waals surface area (Å²) in [5.41, 5.74) is 5.55. The van der Waals surface area contributed by atoms with Crippen molar-refractivity contribution in [2.75, 3.05) is 12.4 Å². The lowest BCUT2D eigenvalue weighted by molar-refractivity contribution is -0.111. The first-order valence-corrected chi connectivity index (χ1v) is 9.67. The summed E-state index contributed by atoms with van der Waals surface area (Å²) in [6.07, 6.45) is 3.24. The first-order valence-electron chi connectivity index (χ1n) is 9.67. The molecule has 0 spiro atoms. The fraction of sp³-hybridized carbons (Fsp3) is 0.250. The third kappa shape index (κ3) is 4.89. The van der Waals surface area contributed by atoms with Crippen molar-refractivity contribution >= 4 is 17.7 Å². The number of carbonyl (C=O) groups is 1. The standard InChI is InChI=1S/C24H26N2O4/c1-15-7-6-8-21(16(15)2)25-24(27)12-10-19-9-11-22(23(13-19)28-5)29-14-20-17(3)26-30-18(20)4/h6-13H,14H2,1-5H3,(H,25,27). The van der Waals surface area contributed by atoms with Gasteiger partial charge in [0.25, 0.3) is 0 Å². The number of hydrogen-bond acceptors (Lipinski definition) is 5. The molecule has 2 aromatic carbocycles. The number of methoxy groups -OCH3 is 1. The van der Waals surface area contributed by atoms with E-state index in [0.717, 1.165) is 39.4 Å². The van der Waals surface area contributed by atoms with Gasteiger partial charge in [-0.3, -0.25) is 4.79 Å². The van der Waals surface area contributed by atoms with Crippen LogP contribution in [0.15, 0.2) is 47.0 Å². The highest BCUT2D eigenvalue weighted by atomic mass is 16.5. The Bertz CT molecular complexity index is 1060. The molecule has 156 valence electrons. The van der Waals surface area contributed by atoms with Crippen molar-refractivity contribution in [2.24, 2.45) is 0 Å². The van der Waals surface area contributed by atoms with E-state index in [9.17, 15) is 4.79 Å². The van der Waals surface area contributed by atoms with Crippen LogP contribution in [0.2, 0.25) is 0 Å². The molecular weight excluding hydrogens is 380 g/mol. The number of aromatic nitrogens is 1. The van der Waals surface area contributed by atoms with Crippen LogP contribution in [0.4, 0.5) is 5.69 Å². The Labute approximate surface area is 176 Å². The van der Waals surface area contributed by atoms with Gasteiger partial charge in [0.1, 0.15) is 12.4 Å². The predicted octanol–water partition coefficient (Wildman–Crippen LogP) is 5.15. The largest absolute Gasteiger partial charge is 0.493 e. The fourth-order valence-electron chi connectivity index (χ4n) is 3.00. The number of ether oxygens (including phenoxy) is 2. The van der Waals surface area contributed by atoms with E-state index in [4.69, 9.17) is 14.0 Å². The average molecular weight is 406 g/mol. The Balaban J connectivity index is 1.68. The first kappa shape index (κ1) is 21.2. The van der Waals surface area contributed by atoms with Gasteiger partial charge in [0.15, 0.2) is 11.5 Å². The van der Waals surface area contributed by atoms with Crippen LogP contribution in [0, 0.1) is 27.7 Å². The molecule has 6 nitrogen and oxygen atoms in total. The number of benzene rings is 2. The normalized spacial score (nSPS) is 11.0. The van der Waals surface area contributed by atoms with E-state index in [1.165, 1.54) is 6.08 Å². The van der Waals surface area contributed by atoms with Crippen LogP contribution in [0.25, 0.3) is 6.08 Å². The molecule has 0 unspecified atom stereocenters. The number of amides is 1. The lowest BCUT2D eigenvalue weighted by Crippen LogP contribution is -2.09. The van der Waals surface area contributed by atoms with Crippen LogP contribution < -0.4 is 14.8 Å². The number of anilines is 1. The van der Waals surface area contributed by atoms with Gasteiger partial charge in [0, 0.05) is 11.8 Å². The van der Waals surface area contributed by atoms with Crippen LogP contribution >= 0.6 is 0 Å². The second kappa shape index (κ2) is 9.31. The smallest absolute Gasteiger partial charge is 0.248 e. The molecule has 0 saturated heterocycles. The number of nitrogens with one attached hydrogen (secondary N) is 1. The van der Waals surface area contributed by atoms with E-state index >= 15 is 0 Å². The van der Waals surface area contributed by atoms with Crippen molar-refractivity contribution in [3.8, 4) is 11.5 Å². The molecule has 30 heavy (non-hydrogen) atoms. The van der Waals surface area contributed by atoms with Gasteiger partial charge in [0.2, 0.25) is 5.91 Å². The molecule has 3 aromatic rings. The Hall–Kier alpha value is -3.54. The van der Waals surface area contributed by atoms with Crippen LogP contribution in [0.1, 0.15) is 33.7 Å². The zero-order chi connectivity index (χ0) is 21.7. The maximum absolute atomic E-state index is 12.3. The molecule has 0 saturated carbocycles. The second-order valence-electron chi connectivity index (χ2n) is 7.07. The van der Waals surface area contributed by atoms with Gasteiger partial charge in [-0.1, -0.05) is 23.4 Å². The van der Waals surface area contributed by atoms with E-state index < -0.39 is 0 Å². The Morgan fingerprint density at radius 3 is 2.63 bits per heavy atom. The zero-order valence-corrected chi connectivity index (χ0v) is 17.9. The van der Waals surface area contributed by atoms with E-state index in [2.05, 4.69) is 10.5 Å². The summed E-state index contributed by atoms with van der Waals surface area (Å²) >= 11 is 0. The summed E-state index contributed by atoms with van der Waals surface area (Å²) < 4.78 is 16.5. The minimum Gasteiger partial charge on any atom is -0.493 e. The number of rotatable bonds is 7. The highest BCUT2D eigenvalue weighted by Gasteiger charge is 2.12. The predicted molar refractivity (Wildman–Crippen MR) is 117 cm³/mol. The third-order valence-corrected chi connectivity index (χ3v) is 5.03. The van der Waals surface area contributed by atoms with Gasteiger partial charge >= 0.3 is 0 Å². The van der Waals surface area contributed by atoms with Crippen molar-refractivity contribution in [3.05, 3.63) is 76.2 Å². The van der Waals surface area contributed by atoms with Gasteiger partial charge in [0.05, 0.1) is 18.4 Å². The summed E-state index contributed by atoms with van der Waals surface area (Å²) in [6.45, 7) is 8.07. The molecule has 1 heterocycles. The first-order chi connectivity index (χ1) is 14.4. The highest BCUT2D eigenvalue weighted by molar-refractivity contribution is 6.02. The minimum absolute atomic E-state index is 0.193. The number of aryl methyl sites for hydroxylation is 3. The lowest BCUT2D eigenvalue weighted by Gasteiger charge is -2.11. The Morgan fingerprint density at radius 2 is 1.93 bits per heavy atom. The van der Waals surface area contributed by atoms with Crippen molar-refractivity contribution in [1.82, 2.24) is 5.16 Å². The van der Waals surface area contributed by atoms with E-state index in [1.807, 2.05) is 64.1 Å². The van der Waals surface area contributed by atoms with Crippen LogP contribution in [0.3, 0.4) is 0 Å². The van der Waals surface area contributed by atoms with E-state index in [-0.39, 0.29) is 5.91 Å². The van der Waals surface area contributed by atoms with Crippen LogP contribution in [-0.2, 0) is 11.4 Å². The minimum atomic E-state index is -0.193. The molecular formula is C24H26N2O4. The Morgan fingerprint density at radius 1 is 1.13 bits per heavy atom. The second-order valence-corrected chi connectivity index (χ2v) is 7.07. The van der Waals surface area contributed by atoms with Crippen molar-refractivity contribution in [1.29, 1.82) is 0 Å². The average Bonchev–Trinajstić information content (AvgIpc) is 3.06. The zero-order valence-electron chi connectivity index (χ0n) is 17.9. The topological polar surface area (TPSA) is 73.6 Å². The Kier molecular flexibility index (Phi) is 6.57. The lowest BCUT2D eigenvalue weighted by atomic mass is 10.1. The molecule has 0 aliphatic rings. The van der Waals surface area contributed by atoms with Crippen LogP contribution in [0.5, 0.6) is 11.5 Å². The molecule has 0 radical (unpaired) electrons. The van der Waals surface area contributed by atoms with Gasteiger partial charge in [-0.15, -0.1) is 0 Å². The van der Waals surface area contributed by atoms with Crippen molar-refractivity contribution in [2.45, 2.75) is 34.3 Å². The van der Waals surface area contributed by atoms with Crippen molar-refractivity contribution < 1.29 is 18.8 Å². The van der Waals surface area contributed by atoms with Crippen LogP contribution in [-0.4, -0.2) is 18.2 Å². The highest BCUT2D eigenvalue weighted by Crippen LogP contribution is 2.30. The van der Waals surface area contributed by atoms with Gasteiger partial charge in [-0.2, -0.15) is 0 Å². The monoisotopic (exact) mass is 406 g/mol. The maximum Gasteiger partial charge on any atom is 0.248 e.